The molecule has 2 heterocycles. The molecule has 100 valence electrons. The Morgan fingerprint density at radius 2 is 1.65 bits per heavy atom. The zero-order chi connectivity index (χ0) is 11.9. The minimum Gasteiger partial charge on any atom is -0.329 e. The maximum Gasteiger partial charge on any atom is 0.0218 e. The molecule has 2 aliphatic heterocycles. The van der Waals surface area contributed by atoms with E-state index >= 15 is 0 Å². The average molecular weight is 239 g/mol. The van der Waals surface area contributed by atoms with E-state index in [-0.39, 0.29) is 0 Å². The van der Waals surface area contributed by atoms with Crippen molar-refractivity contribution >= 4 is 0 Å². The lowest BCUT2D eigenvalue weighted by Crippen LogP contribution is -2.45. The Balaban J connectivity index is 1.62. The fourth-order valence-electron chi connectivity index (χ4n) is 3.30. The third-order valence-corrected chi connectivity index (χ3v) is 4.39. The molecule has 2 N–H and O–H groups in total. The average Bonchev–Trinajstić information content (AvgIpc) is 2.40. The minimum absolute atomic E-state index is 0.671. The van der Waals surface area contributed by atoms with Gasteiger partial charge in [-0.25, -0.2) is 0 Å². The second-order valence-electron chi connectivity index (χ2n) is 5.68. The fraction of sp³-hybridized carbons (Fsp3) is 1.00. The number of nitrogens with zero attached hydrogens (tertiary/aromatic N) is 2. The first-order chi connectivity index (χ1) is 8.40. The van der Waals surface area contributed by atoms with Crippen LogP contribution in [0.25, 0.3) is 0 Å². The minimum atomic E-state index is 0.671. The van der Waals surface area contributed by atoms with Gasteiger partial charge in [-0.2, -0.15) is 0 Å². The predicted molar refractivity (Wildman–Crippen MR) is 73.2 cm³/mol. The predicted octanol–water partition coefficient (Wildman–Crippen LogP) is 1.68. The molecule has 2 saturated heterocycles. The highest BCUT2D eigenvalue weighted by molar-refractivity contribution is 4.77. The van der Waals surface area contributed by atoms with Gasteiger partial charge in [0.2, 0.25) is 0 Å². The first-order valence-corrected chi connectivity index (χ1v) is 7.56. The summed E-state index contributed by atoms with van der Waals surface area (Å²) in [5.74, 6) is 0. The molecule has 2 aliphatic rings. The van der Waals surface area contributed by atoms with Crippen molar-refractivity contribution in [1.29, 1.82) is 0 Å². The monoisotopic (exact) mass is 239 g/mol. The maximum atomic E-state index is 5.86. The Labute approximate surface area is 106 Å². The Hall–Kier alpha value is -0.120. The Morgan fingerprint density at radius 1 is 0.882 bits per heavy atom. The van der Waals surface area contributed by atoms with E-state index in [1.807, 2.05) is 0 Å². The van der Waals surface area contributed by atoms with Crippen molar-refractivity contribution in [3.8, 4) is 0 Å². The zero-order valence-corrected chi connectivity index (χ0v) is 11.2. The van der Waals surface area contributed by atoms with Gasteiger partial charge in [0.1, 0.15) is 0 Å². The van der Waals surface area contributed by atoms with Crippen LogP contribution in [0.3, 0.4) is 0 Å². The summed E-state index contributed by atoms with van der Waals surface area (Å²) >= 11 is 0. The molecule has 1 atom stereocenters. The number of piperidine rings is 2. The molecule has 0 bridgehead atoms. The number of likely N-dealkylation sites (tertiary alicyclic amines) is 2. The summed E-state index contributed by atoms with van der Waals surface area (Å²) in [6, 6.07) is 0.671. The van der Waals surface area contributed by atoms with Gasteiger partial charge in [-0.15, -0.1) is 0 Å². The molecule has 2 rings (SSSR count). The first-order valence-electron chi connectivity index (χ1n) is 7.56. The SMILES string of the molecule is NCC1CCCCN1CCCN1CCCCC1. The van der Waals surface area contributed by atoms with E-state index in [2.05, 4.69) is 9.80 Å². The van der Waals surface area contributed by atoms with Gasteiger partial charge in [0.05, 0.1) is 0 Å². The van der Waals surface area contributed by atoms with Gasteiger partial charge in [0.15, 0.2) is 0 Å². The number of rotatable bonds is 5. The molecule has 1 unspecified atom stereocenters. The Bertz CT molecular complexity index is 202. The van der Waals surface area contributed by atoms with Crippen LogP contribution in [-0.4, -0.2) is 55.1 Å². The van der Waals surface area contributed by atoms with Gasteiger partial charge in [-0.1, -0.05) is 12.8 Å². The largest absolute Gasteiger partial charge is 0.329 e. The summed E-state index contributed by atoms with van der Waals surface area (Å²) in [4.78, 5) is 5.28. The molecule has 0 saturated carbocycles. The highest BCUT2D eigenvalue weighted by atomic mass is 15.2. The van der Waals surface area contributed by atoms with Crippen LogP contribution in [0, 0.1) is 0 Å². The van der Waals surface area contributed by atoms with Crippen LogP contribution in [0.1, 0.15) is 44.9 Å². The summed E-state index contributed by atoms with van der Waals surface area (Å²) in [5.41, 5.74) is 5.86. The van der Waals surface area contributed by atoms with E-state index in [1.165, 1.54) is 77.7 Å². The molecule has 0 spiro atoms. The number of nitrogens with two attached hydrogens (primary N) is 1. The highest BCUT2D eigenvalue weighted by Crippen LogP contribution is 2.16. The summed E-state index contributed by atoms with van der Waals surface area (Å²) in [6.07, 6.45) is 9.67. The van der Waals surface area contributed by atoms with Crippen molar-refractivity contribution in [1.82, 2.24) is 9.80 Å². The summed E-state index contributed by atoms with van der Waals surface area (Å²) < 4.78 is 0. The van der Waals surface area contributed by atoms with Crippen LogP contribution in [0.15, 0.2) is 0 Å². The lowest BCUT2D eigenvalue weighted by atomic mass is 10.0. The van der Waals surface area contributed by atoms with Gasteiger partial charge < -0.3 is 10.6 Å². The normalized spacial score (nSPS) is 28.4. The van der Waals surface area contributed by atoms with Gasteiger partial charge in [-0.3, -0.25) is 4.90 Å². The second kappa shape index (κ2) is 7.34. The molecular weight excluding hydrogens is 210 g/mol. The second-order valence-corrected chi connectivity index (χ2v) is 5.68. The molecule has 0 aromatic rings. The topological polar surface area (TPSA) is 32.5 Å². The van der Waals surface area contributed by atoms with Crippen LogP contribution in [-0.2, 0) is 0 Å². The van der Waals surface area contributed by atoms with E-state index in [9.17, 15) is 0 Å². The van der Waals surface area contributed by atoms with E-state index in [0.717, 1.165) is 6.54 Å². The van der Waals surface area contributed by atoms with E-state index in [4.69, 9.17) is 5.73 Å². The fourth-order valence-corrected chi connectivity index (χ4v) is 3.30. The summed E-state index contributed by atoms with van der Waals surface area (Å²) in [7, 11) is 0. The molecule has 0 aromatic heterocycles. The van der Waals surface area contributed by atoms with E-state index < -0.39 is 0 Å². The highest BCUT2D eigenvalue weighted by Gasteiger charge is 2.20. The smallest absolute Gasteiger partial charge is 0.0218 e. The van der Waals surface area contributed by atoms with Crippen molar-refractivity contribution in [3.05, 3.63) is 0 Å². The molecule has 0 aromatic carbocycles. The lowest BCUT2D eigenvalue weighted by Gasteiger charge is -2.35. The van der Waals surface area contributed by atoms with Crippen LogP contribution >= 0.6 is 0 Å². The van der Waals surface area contributed by atoms with E-state index in [1.54, 1.807) is 0 Å². The van der Waals surface area contributed by atoms with Crippen LogP contribution in [0.4, 0.5) is 0 Å². The van der Waals surface area contributed by atoms with Gasteiger partial charge in [0, 0.05) is 12.6 Å². The molecule has 3 heteroatoms. The van der Waals surface area contributed by atoms with Crippen LogP contribution < -0.4 is 5.73 Å². The zero-order valence-electron chi connectivity index (χ0n) is 11.2. The first kappa shape index (κ1) is 13.3. The number of hydrogen-bond acceptors (Lipinski definition) is 3. The molecule has 3 nitrogen and oxygen atoms in total. The van der Waals surface area contributed by atoms with Crippen molar-refractivity contribution in [2.75, 3.05) is 39.3 Å². The van der Waals surface area contributed by atoms with Gasteiger partial charge >= 0.3 is 0 Å². The standard InChI is InChI=1S/C14H29N3/c15-13-14-7-2-5-11-17(14)12-6-10-16-8-3-1-4-9-16/h14H,1-13,15H2. The van der Waals surface area contributed by atoms with Crippen molar-refractivity contribution < 1.29 is 0 Å². The Kier molecular flexibility index (Phi) is 5.75. The van der Waals surface area contributed by atoms with Gasteiger partial charge in [0.25, 0.3) is 0 Å². The summed E-state index contributed by atoms with van der Waals surface area (Å²) in [6.45, 7) is 7.36. The quantitative estimate of drug-likeness (QED) is 0.792. The maximum absolute atomic E-state index is 5.86. The van der Waals surface area contributed by atoms with Crippen LogP contribution in [0.2, 0.25) is 0 Å². The third kappa shape index (κ3) is 4.23. The van der Waals surface area contributed by atoms with Gasteiger partial charge in [-0.05, 0) is 64.8 Å². The van der Waals surface area contributed by atoms with Crippen LogP contribution in [0.5, 0.6) is 0 Å². The van der Waals surface area contributed by atoms with Crippen molar-refractivity contribution in [3.63, 3.8) is 0 Å². The Morgan fingerprint density at radius 3 is 2.41 bits per heavy atom. The molecule has 17 heavy (non-hydrogen) atoms. The van der Waals surface area contributed by atoms with E-state index in [0.29, 0.717) is 6.04 Å². The molecule has 0 amide bonds. The third-order valence-electron chi connectivity index (χ3n) is 4.39. The van der Waals surface area contributed by atoms with Crippen molar-refractivity contribution in [2.24, 2.45) is 5.73 Å². The summed E-state index contributed by atoms with van der Waals surface area (Å²) in [5, 5.41) is 0. The number of hydrogen-bond donors (Lipinski definition) is 1. The molecular formula is C14H29N3. The molecule has 0 aliphatic carbocycles. The molecule has 2 fully saturated rings. The lowest BCUT2D eigenvalue weighted by molar-refractivity contribution is 0.138. The van der Waals surface area contributed by atoms with Crippen molar-refractivity contribution in [2.45, 2.75) is 51.0 Å². The molecule has 0 radical (unpaired) electrons.